The molecule has 1 heterocycles. The minimum absolute atomic E-state index is 0.0290. The molecule has 0 fully saturated rings. The molecule has 31 heavy (non-hydrogen) atoms. The van der Waals surface area contributed by atoms with Crippen molar-refractivity contribution in [2.75, 3.05) is 25.5 Å². The Kier molecular flexibility index (Phi) is 8.59. The van der Waals surface area contributed by atoms with Crippen molar-refractivity contribution in [1.82, 2.24) is 10.2 Å². The van der Waals surface area contributed by atoms with Crippen LogP contribution >= 0.6 is 23.6 Å². The highest BCUT2D eigenvalue weighted by Crippen LogP contribution is 2.34. The van der Waals surface area contributed by atoms with Gasteiger partial charge in [0, 0.05) is 13.1 Å². The Balaban J connectivity index is 2.28. The number of rotatable bonds is 7. The van der Waals surface area contributed by atoms with Crippen molar-refractivity contribution in [3.8, 4) is 0 Å². The predicted octanol–water partition coefficient (Wildman–Crippen LogP) is 4.99. The number of esters is 1. The first-order valence-electron chi connectivity index (χ1n) is 10.3. The Morgan fingerprint density at radius 1 is 1.16 bits per heavy atom. The lowest BCUT2D eigenvalue weighted by Crippen LogP contribution is -2.31. The Bertz CT molecular complexity index is 981. The highest BCUT2D eigenvalue weighted by atomic mass is 32.1. The van der Waals surface area contributed by atoms with Gasteiger partial charge in [-0.1, -0.05) is 18.2 Å². The van der Waals surface area contributed by atoms with Crippen LogP contribution in [0.2, 0.25) is 0 Å². The summed E-state index contributed by atoms with van der Waals surface area (Å²) >= 11 is 6.73. The minimum Gasteiger partial charge on any atom is -0.465 e. The molecular formula is C23H31N3O3S2. The average Bonchev–Trinajstić information content (AvgIpc) is 3.05. The van der Waals surface area contributed by atoms with Gasteiger partial charge in [-0.15, -0.1) is 11.3 Å². The fourth-order valence-electron chi connectivity index (χ4n) is 3.26. The number of thiocarbonyl (C=S) groups is 1. The number of thiophene rings is 1. The molecule has 1 aromatic heterocycles. The van der Waals surface area contributed by atoms with Gasteiger partial charge in [0.1, 0.15) is 5.00 Å². The quantitative estimate of drug-likeness (QED) is 0.447. The van der Waals surface area contributed by atoms with Gasteiger partial charge in [-0.3, -0.25) is 4.79 Å². The lowest BCUT2D eigenvalue weighted by atomic mass is 10.0. The van der Waals surface area contributed by atoms with Crippen LogP contribution in [0, 0.1) is 20.8 Å². The number of methoxy groups -OCH3 is 1. The second-order valence-corrected chi connectivity index (χ2v) is 8.82. The van der Waals surface area contributed by atoms with Crippen LogP contribution in [0.5, 0.6) is 0 Å². The molecule has 0 aliphatic rings. The van der Waals surface area contributed by atoms with Crippen LogP contribution in [-0.4, -0.2) is 42.1 Å². The minimum atomic E-state index is -0.500. The summed E-state index contributed by atoms with van der Waals surface area (Å²) in [6.07, 6.45) is 0. The maximum atomic E-state index is 12.9. The van der Waals surface area contributed by atoms with Gasteiger partial charge in [-0.25, -0.2) is 4.79 Å². The summed E-state index contributed by atoms with van der Waals surface area (Å²) in [5.74, 6) is -0.604. The number of nitrogens with one attached hydrogen (secondary N) is 2. The number of hydrogen-bond donors (Lipinski definition) is 2. The maximum absolute atomic E-state index is 12.9. The highest BCUT2D eigenvalue weighted by molar-refractivity contribution is 7.80. The third-order valence-corrected chi connectivity index (χ3v) is 6.80. The molecule has 2 N–H and O–H groups in total. The lowest BCUT2D eigenvalue weighted by Gasteiger charge is -2.18. The molecule has 1 unspecified atom stereocenters. The molecule has 0 saturated heterocycles. The van der Waals surface area contributed by atoms with E-state index in [9.17, 15) is 9.59 Å². The van der Waals surface area contributed by atoms with Crippen LogP contribution in [0.1, 0.15) is 69.1 Å². The summed E-state index contributed by atoms with van der Waals surface area (Å²) < 4.78 is 4.96. The van der Waals surface area contributed by atoms with Gasteiger partial charge < -0.3 is 20.3 Å². The van der Waals surface area contributed by atoms with E-state index in [2.05, 4.69) is 42.7 Å². The summed E-state index contributed by atoms with van der Waals surface area (Å²) in [6, 6.07) is 6.26. The van der Waals surface area contributed by atoms with Gasteiger partial charge >= 0.3 is 5.97 Å². The van der Waals surface area contributed by atoms with Crippen molar-refractivity contribution in [2.45, 2.75) is 47.6 Å². The highest BCUT2D eigenvalue weighted by Gasteiger charge is 2.27. The van der Waals surface area contributed by atoms with Crippen LogP contribution in [0.4, 0.5) is 5.00 Å². The number of aryl methyl sites for hydroxylation is 2. The average molecular weight is 462 g/mol. The normalized spacial score (nSPS) is 11.6. The molecule has 0 saturated carbocycles. The fourth-order valence-corrected chi connectivity index (χ4v) is 4.77. The van der Waals surface area contributed by atoms with E-state index in [1.54, 1.807) is 11.8 Å². The second kappa shape index (κ2) is 10.7. The smallest absolute Gasteiger partial charge is 0.341 e. The van der Waals surface area contributed by atoms with Gasteiger partial charge in [-0.05, 0) is 76.0 Å². The number of carbonyl (C=O) groups is 2. The van der Waals surface area contributed by atoms with Crippen molar-refractivity contribution in [3.05, 3.63) is 50.9 Å². The lowest BCUT2D eigenvalue weighted by molar-refractivity contribution is 0.0601. The van der Waals surface area contributed by atoms with Gasteiger partial charge in [-0.2, -0.15) is 0 Å². The van der Waals surface area contributed by atoms with E-state index < -0.39 is 5.97 Å². The van der Waals surface area contributed by atoms with E-state index in [1.807, 2.05) is 20.8 Å². The number of anilines is 1. The Hall–Kier alpha value is -2.45. The number of amides is 1. The molecule has 0 bridgehead atoms. The van der Waals surface area contributed by atoms with Gasteiger partial charge in [0.2, 0.25) is 0 Å². The number of hydrogen-bond acceptors (Lipinski definition) is 5. The predicted molar refractivity (Wildman–Crippen MR) is 131 cm³/mol. The number of benzene rings is 1. The van der Waals surface area contributed by atoms with E-state index in [-0.39, 0.29) is 11.9 Å². The van der Waals surface area contributed by atoms with Crippen LogP contribution in [0.3, 0.4) is 0 Å². The van der Waals surface area contributed by atoms with Gasteiger partial charge in [0.25, 0.3) is 5.91 Å². The summed E-state index contributed by atoms with van der Waals surface area (Å²) in [5, 5.41) is 7.25. The summed E-state index contributed by atoms with van der Waals surface area (Å²) in [5.41, 5.74) is 4.50. The van der Waals surface area contributed by atoms with E-state index in [1.165, 1.54) is 29.6 Å². The molecule has 1 amide bonds. The van der Waals surface area contributed by atoms with Crippen LogP contribution in [0.15, 0.2) is 18.2 Å². The molecule has 1 atom stereocenters. The summed E-state index contributed by atoms with van der Waals surface area (Å²) in [6.45, 7) is 13.0. The molecule has 2 rings (SSSR count). The molecule has 0 aliphatic carbocycles. The maximum Gasteiger partial charge on any atom is 0.341 e. The number of ether oxygens (including phenoxy) is 1. The van der Waals surface area contributed by atoms with E-state index in [0.717, 1.165) is 5.56 Å². The van der Waals surface area contributed by atoms with Crippen LogP contribution < -0.4 is 10.6 Å². The first kappa shape index (κ1) is 24.8. The monoisotopic (exact) mass is 461 g/mol. The van der Waals surface area contributed by atoms with Gasteiger partial charge in [0.05, 0.1) is 23.6 Å². The van der Waals surface area contributed by atoms with Crippen molar-refractivity contribution >= 4 is 45.5 Å². The standard InChI is InChI=1S/C23H31N3O3S2/c1-8-26(9-2)21(27)19-15(5)18(22(28)29-7)20(31-19)25-23(30)24-16(6)17-11-10-13(3)14(4)12-17/h10-12,16H,8-9H2,1-7H3,(H2,24,25,30). The summed E-state index contributed by atoms with van der Waals surface area (Å²) in [4.78, 5) is 27.6. The first-order valence-corrected chi connectivity index (χ1v) is 11.5. The van der Waals surface area contributed by atoms with Gasteiger partial charge in [0.15, 0.2) is 5.11 Å². The summed E-state index contributed by atoms with van der Waals surface area (Å²) in [7, 11) is 1.33. The topological polar surface area (TPSA) is 70.7 Å². The zero-order chi connectivity index (χ0) is 23.3. The SMILES string of the molecule is CCN(CC)C(=O)c1sc(NC(=S)NC(C)c2ccc(C)c(C)c2)c(C(=O)OC)c1C. The molecule has 0 spiro atoms. The molecule has 2 aromatic rings. The zero-order valence-corrected chi connectivity index (χ0v) is 20.8. The molecule has 0 radical (unpaired) electrons. The van der Waals surface area contributed by atoms with E-state index in [0.29, 0.717) is 39.2 Å². The molecular weight excluding hydrogens is 430 g/mol. The number of nitrogens with zero attached hydrogens (tertiary/aromatic N) is 1. The molecule has 6 nitrogen and oxygen atoms in total. The number of carbonyl (C=O) groups excluding carboxylic acids is 2. The van der Waals surface area contributed by atoms with E-state index in [4.69, 9.17) is 17.0 Å². The molecule has 168 valence electrons. The Morgan fingerprint density at radius 3 is 2.35 bits per heavy atom. The first-order chi connectivity index (χ1) is 14.6. The van der Waals surface area contributed by atoms with Crippen LogP contribution in [-0.2, 0) is 4.74 Å². The fraction of sp³-hybridized carbons (Fsp3) is 0.435. The van der Waals surface area contributed by atoms with Crippen molar-refractivity contribution < 1.29 is 14.3 Å². The molecule has 0 aliphatic heterocycles. The Labute approximate surface area is 194 Å². The van der Waals surface area contributed by atoms with Crippen molar-refractivity contribution in [3.63, 3.8) is 0 Å². The third kappa shape index (κ3) is 5.62. The van der Waals surface area contributed by atoms with Crippen molar-refractivity contribution in [2.24, 2.45) is 0 Å². The zero-order valence-electron chi connectivity index (χ0n) is 19.2. The van der Waals surface area contributed by atoms with Crippen LogP contribution in [0.25, 0.3) is 0 Å². The molecule has 1 aromatic carbocycles. The third-order valence-electron chi connectivity index (χ3n) is 5.39. The Morgan fingerprint density at radius 2 is 1.81 bits per heavy atom. The van der Waals surface area contributed by atoms with E-state index >= 15 is 0 Å². The second-order valence-electron chi connectivity index (χ2n) is 7.39. The largest absolute Gasteiger partial charge is 0.465 e. The molecule has 8 heteroatoms. The van der Waals surface area contributed by atoms with Crippen molar-refractivity contribution in [1.29, 1.82) is 0 Å².